The minimum atomic E-state index is -0.940. The maximum atomic E-state index is 13.6. The number of hydrogen-bond donors (Lipinski definition) is 1. The summed E-state index contributed by atoms with van der Waals surface area (Å²) in [6.45, 7) is 6.31. The Balaban J connectivity index is 2.39. The summed E-state index contributed by atoms with van der Waals surface area (Å²) in [5, 5.41) is 3.10. The first-order valence-electron chi connectivity index (χ1n) is 5.50. The molecule has 0 aliphatic heterocycles. The maximum absolute atomic E-state index is 13.6. The van der Waals surface area contributed by atoms with Crippen LogP contribution in [0, 0.1) is 5.82 Å². The molecule has 1 aromatic rings. The molecular weight excluding hydrogens is 208 g/mol. The Morgan fingerprint density at radius 2 is 1.75 bits per heavy atom. The van der Waals surface area contributed by atoms with Crippen LogP contribution in [0.5, 0.6) is 0 Å². The van der Waals surface area contributed by atoms with Gasteiger partial charge in [0.05, 0.1) is 0 Å². The van der Waals surface area contributed by atoms with E-state index in [0.29, 0.717) is 13.0 Å². The van der Waals surface area contributed by atoms with Crippen LogP contribution in [0.3, 0.4) is 0 Å². The van der Waals surface area contributed by atoms with E-state index in [4.69, 9.17) is 0 Å². The summed E-state index contributed by atoms with van der Waals surface area (Å²) in [7, 11) is 0. The van der Waals surface area contributed by atoms with Crippen molar-refractivity contribution in [1.82, 2.24) is 5.32 Å². The van der Waals surface area contributed by atoms with Crippen LogP contribution < -0.4 is 5.32 Å². The quantitative estimate of drug-likeness (QED) is 0.833. The smallest absolute Gasteiger partial charge is 0.123 e. The van der Waals surface area contributed by atoms with Crippen LogP contribution in [-0.2, 0) is 6.42 Å². The standard InChI is InChI=1S/C13H19F2N/c1-13(2,3)16-9-12(15)8-10-4-6-11(14)7-5-10/h4-7,12,16H,8-9H2,1-3H3. The monoisotopic (exact) mass is 227 g/mol. The minimum Gasteiger partial charge on any atom is -0.309 e. The first-order chi connectivity index (χ1) is 7.37. The molecule has 0 heterocycles. The van der Waals surface area contributed by atoms with Gasteiger partial charge in [0.25, 0.3) is 0 Å². The molecule has 0 fully saturated rings. The van der Waals surface area contributed by atoms with Gasteiger partial charge in [-0.3, -0.25) is 0 Å². The van der Waals surface area contributed by atoms with E-state index in [2.05, 4.69) is 5.32 Å². The summed E-state index contributed by atoms with van der Waals surface area (Å²) in [5.74, 6) is -0.285. The fourth-order valence-corrected chi connectivity index (χ4v) is 1.37. The lowest BCUT2D eigenvalue weighted by atomic mass is 10.1. The second-order valence-electron chi connectivity index (χ2n) is 5.06. The van der Waals surface area contributed by atoms with Gasteiger partial charge in [-0.05, 0) is 38.5 Å². The highest BCUT2D eigenvalue weighted by atomic mass is 19.1. The summed E-state index contributed by atoms with van der Waals surface area (Å²) < 4.78 is 26.2. The van der Waals surface area contributed by atoms with Crippen LogP contribution in [0.15, 0.2) is 24.3 Å². The van der Waals surface area contributed by atoms with Crippen LogP contribution in [0.2, 0.25) is 0 Å². The average molecular weight is 227 g/mol. The Morgan fingerprint density at radius 3 is 2.25 bits per heavy atom. The van der Waals surface area contributed by atoms with E-state index >= 15 is 0 Å². The van der Waals surface area contributed by atoms with Gasteiger partial charge in [0.1, 0.15) is 12.0 Å². The second kappa shape index (κ2) is 5.39. The second-order valence-corrected chi connectivity index (χ2v) is 5.06. The predicted octanol–water partition coefficient (Wildman–Crippen LogP) is 3.09. The summed E-state index contributed by atoms with van der Waals surface area (Å²) >= 11 is 0. The van der Waals surface area contributed by atoms with E-state index < -0.39 is 6.17 Å². The fraction of sp³-hybridized carbons (Fsp3) is 0.538. The van der Waals surface area contributed by atoms with Crippen molar-refractivity contribution in [3.05, 3.63) is 35.6 Å². The van der Waals surface area contributed by atoms with Crippen molar-refractivity contribution >= 4 is 0 Å². The van der Waals surface area contributed by atoms with Crippen LogP contribution in [0.25, 0.3) is 0 Å². The van der Waals surface area contributed by atoms with Gasteiger partial charge in [-0.2, -0.15) is 0 Å². The van der Waals surface area contributed by atoms with Crippen LogP contribution in [-0.4, -0.2) is 18.3 Å². The molecule has 0 saturated heterocycles. The molecule has 0 amide bonds. The summed E-state index contributed by atoms with van der Waals surface area (Å²) in [5.41, 5.74) is 0.747. The van der Waals surface area contributed by atoms with Crippen molar-refractivity contribution in [1.29, 1.82) is 0 Å². The van der Waals surface area contributed by atoms with E-state index in [0.717, 1.165) is 5.56 Å². The van der Waals surface area contributed by atoms with E-state index in [9.17, 15) is 8.78 Å². The molecule has 1 nitrogen and oxygen atoms in total. The summed E-state index contributed by atoms with van der Waals surface area (Å²) in [6, 6.07) is 5.97. The van der Waals surface area contributed by atoms with Gasteiger partial charge in [0.15, 0.2) is 0 Å². The van der Waals surface area contributed by atoms with Gasteiger partial charge < -0.3 is 5.32 Å². The molecule has 0 radical (unpaired) electrons. The van der Waals surface area contributed by atoms with Crippen molar-refractivity contribution in [2.45, 2.75) is 38.9 Å². The van der Waals surface area contributed by atoms with Crippen molar-refractivity contribution in [2.75, 3.05) is 6.54 Å². The molecular formula is C13H19F2N. The lowest BCUT2D eigenvalue weighted by Crippen LogP contribution is -2.40. The van der Waals surface area contributed by atoms with Gasteiger partial charge in [-0.25, -0.2) is 8.78 Å². The lowest BCUT2D eigenvalue weighted by molar-refractivity contribution is 0.284. The van der Waals surface area contributed by atoms with Crippen molar-refractivity contribution in [3.63, 3.8) is 0 Å². The topological polar surface area (TPSA) is 12.0 Å². The Labute approximate surface area is 95.9 Å². The van der Waals surface area contributed by atoms with Gasteiger partial charge in [0, 0.05) is 18.5 Å². The zero-order valence-corrected chi connectivity index (χ0v) is 10.1. The predicted molar refractivity (Wildman–Crippen MR) is 62.8 cm³/mol. The zero-order chi connectivity index (χ0) is 12.2. The van der Waals surface area contributed by atoms with Gasteiger partial charge in [-0.15, -0.1) is 0 Å². The third-order valence-corrected chi connectivity index (χ3v) is 2.22. The highest BCUT2D eigenvalue weighted by Crippen LogP contribution is 2.08. The molecule has 0 spiro atoms. The molecule has 1 atom stereocenters. The number of hydrogen-bond acceptors (Lipinski definition) is 1. The number of alkyl halides is 1. The average Bonchev–Trinajstić information content (AvgIpc) is 2.18. The molecule has 0 bridgehead atoms. The number of halogens is 2. The fourth-order valence-electron chi connectivity index (χ4n) is 1.37. The van der Waals surface area contributed by atoms with Crippen molar-refractivity contribution in [3.8, 4) is 0 Å². The molecule has 3 heteroatoms. The Hall–Kier alpha value is -0.960. The molecule has 0 saturated carbocycles. The van der Waals surface area contributed by atoms with Gasteiger partial charge >= 0.3 is 0 Å². The van der Waals surface area contributed by atoms with Crippen LogP contribution in [0.4, 0.5) is 8.78 Å². The number of rotatable bonds is 4. The summed E-state index contributed by atoms with van der Waals surface area (Å²) in [4.78, 5) is 0. The zero-order valence-electron chi connectivity index (χ0n) is 10.1. The van der Waals surface area contributed by atoms with E-state index in [1.807, 2.05) is 20.8 Å². The van der Waals surface area contributed by atoms with E-state index in [1.165, 1.54) is 12.1 Å². The normalized spacial score (nSPS) is 13.8. The van der Waals surface area contributed by atoms with Crippen molar-refractivity contribution in [2.24, 2.45) is 0 Å². The molecule has 90 valence electrons. The number of benzene rings is 1. The summed E-state index contributed by atoms with van der Waals surface area (Å²) in [6.07, 6.45) is -0.617. The maximum Gasteiger partial charge on any atom is 0.123 e. The molecule has 1 unspecified atom stereocenters. The molecule has 16 heavy (non-hydrogen) atoms. The van der Waals surface area contributed by atoms with Crippen LogP contribution in [0.1, 0.15) is 26.3 Å². The molecule has 1 N–H and O–H groups in total. The highest BCUT2D eigenvalue weighted by molar-refractivity contribution is 5.16. The van der Waals surface area contributed by atoms with E-state index in [1.54, 1.807) is 12.1 Å². The molecule has 1 aromatic carbocycles. The Kier molecular flexibility index (Phi) is 4.42. The number of nitrogens with one attached hydrogen (secondary N) is 1. The third kappa shape index (κ3) is 5.21. The van der Waals surface area contributed by atoms with Gasteiger partial charge in [0.2, 0.25) is 0 Å². The van der Waals surface area contributed by atoms with Gasteiger partial charge in [-0.1, -0.05) is 12.1 Å². The molecule has 0 aromatic heterocycles. The molecule has 1 rings (SSSR count). The van der Waals surface area contributed by atoms with Crippen molar-refractivity contribution < 1.29 is 8.78 Å². The SMILES string of the molecule is CC(C)(C)NCC(F)Cc1ccc(F)cc1. The highest BCUT2D eigenvalue weighted by Gasteiger charge is 2.13. The first kappa shape index (κ1) is 13.1. The molecule has 0 aliphatic carbocycles. The van der Waals surface area contributed by atoms with Crippen LogP contribution >= 0.6 is 0 Å². The lowest BCUT2D eigenvalue weighted by Gasteiger charge is -2.22. The first-order valence-corrected chi connectivity index (χ1v) is 5.50. The largest absolute Gasteiger partial charge is 0.309 e. The van der Waals surface area contributed by atoms with E-state index in [-0.39, 0.29) is 11.4 Å². The Bertz CT molecular complexity index is 314. The minimum absolute atomic E-state index is 0.0763. The third-order valence-electron chi connectivity index (χ3n) is 2.22. The molecule has 0 aliphatic rings. The Morgan fingerprint density at radius 1 is 1.19 bits per heavy atom.